The first-order chi connectivity index (χ1) is 11.1. The Kier molecular flexibility index (Phi) is 4.78. The first kappa shape index (κ1) is 15.8. The highest BCUT2D eigenvalue weighted by Crippen LogP contribution is 2.30. The lowest BCUT2D eigenvalue weighted by molar-refractivity contribution is -0.115. The molecular weight excluding hydrogens is 330 g/mol. The molecule has 0 saturated carbocycles. The Morgan fingerprint density at radius 3 is 2.87 bits per heavy atom. The molecule has 3 aromatic rings. The molecule has 0 unspecified atom stereocenters. The van der Waals surface area contributed by atoms with Gasteiger partial charge in [-0.25, -0.2) is 9.97 Å². The number of hydrogen-bond donors (Lipinski definition) is 2. The highest BCUT2D eigenvalue weighted by molar-refractivity contribution is 7.99. The Hall–Kier alpha value is -2.12. The molecule has 2 heterocycles. The Morgan fingerprint density at radius 1 is 1.30 bits per heavy atom. The van der Waals surface area contributed by atoms with Gasteiger partial charge in [-0.05, 0) is 37.3 Å². The van der Waals surface area contributed by atoms with Crippen LogP contribution in [0.25, 0.3) is 10.2 Å². The minimum absolute atomic E-state index is 0.0602. The molecule has 0 spiro atoms. The molecule has 0 radical (unpaired) electrons. The second-order valence-corrected chi connectivity index (χ2v) is 7.27. The van der Waals surface area contributed by atoms with Gasteiger partial charge in [-0.15, -0.1) is 23.1 Å². The molecule has 2 N–H and O–H groups in total. The van der Waals surface area contributed by atoms with Crippen LogP contribution in [0.1, 0.15) is 11.3 Å². The summed E-state index contributed by atoms with van der Waals surface area (Å²) < 4.78 is 0. The average Bonchev–Trinajstić information content (AvgIpc) is 2.91. The smallest absolute Gasteiger partial charge is 0.225 e. The lowest BCUT2D eigenvalue weighted by Crippen LogP contribution is -2.12. The van der Waals surface area contributed by atoms with E-state index in [1.165, 1.54) is 4.88 Å². The summed E-state index contributed by atoms with van der Waals surface area (Å²) in [6.07, 6.45) is 1.96. The van der Waals surface area contributed by atoms with Crippen LogP contribution in [0, 0.1) is 6.92 Å². The number of anilines is 1. The zero-order valence-corrected chi connectivity index (χ0v) is 14.1. The van der Waals surface area contributed by atoms with Crippen molar-refractivity contribution < 1.29 is 9.90 Å². The Bertz CT molecular complexity index is 831. The number of carbonyl (C=O) groups is 1. The van der Waals surface area contributed by atoms with Gasteiger partial charge in [-0.3, -0.25) is 4.79 Å². The average molecular weight is 345 g/mol. The van der Waals surface area contributed by atoms with Crippen molar-refractivity contribution in [1.82, 2.24) is 9.97 Å². The van der Waals surface area contributed by atoms with Crippen LogP contribution in [0.4, 0.5) is 5.69 Å². The van der Waals surface area contributed by atoms with Crippen LogP contribution < -0.4 is 5.32 Å². The van der Waals surface area contributed by atoms with Gasteiger partial charge >= 0.3 is 0 Å². The first-order valence-electron chi connectivity index (χ1n) is 7.04. The number of phenols is 1. The van der Waals surface area contributed by atoms with Gasteiger partial charge in [0.05, 0.1) is 0 Å². The molecule has 0 aliphatic rings. The number of carbonyl (C=O) groups excluding carboxylic acids is 1. The summed E-state index contributed by atoms with van der Waals surface area (Å²) in [7, 11) is 0. The molecule has 0 aliphatic carbocycles. The number of phenolic OH excluding ortho intramolecular Hbond substituents is 1. The fourth-order valence-electron chi connectivity index (χ4n) is 2.08. The lowest BCUT2D eigenvalue weighted by Gasteiger charge is -2.05. The fraction of sp³-hybridized carbons (Fsp3) is 0.188. The van der Waals surface area contributed by atoms with Crippen LogP contribution in [-0.2, 0) is 4.79 Å². The summed E-state index contributed by atoms with van der Waals surface area (Å²) in [6.45, 7) is 2.05. The number of thioether (sulfide) groups is 1. The molecule has 7 heteroatoms. The second-order valence-electron chi connectivity index (χ2n) is 4.95. The van der Waals surface area contributed by atoms with E-state index in [1.54, 1.807) is 53.7 Å². The number of benzene rings is 1. The number of aromatic hydroxyl groups is 1. The molecule has 3 rings (SSSR count). The zero-order chi connectivity index (χ0) is 16.2. The monoisotopic (exact) mass is 345 g/mol. The van der Waals surface area contributed by atoms with Gasteiger partial charge < -0.3 is 10.4 Å². The van der Waals surface area contributed by atoms with Crippen molar-refractivity contribution in [3.05, 3.63) is 41.5 Å². The number of nitrogens with one attached hydrogen (secondary N) is 1. The van der Waals surface area contributed by atoms with Crippen molar-refractivity contribution in [1.29, 1.82) is 0 Å². The second kappa shape index (κ2) is 6.97. The van der Waals surface area contributed by atoms with E-state index in [2.05, 4.69) is 21.4 Å². The van der Waals surface area contributed by atoms with Gasteiger partial charge in [0.1, 0.15) is 21.9 Å². The maximum Gasteiger partial charge on any atom is 0.225 e. The van der Waals surface area contributed by atoms with Crippen LogP contribution in [0.5, 0.6) is 5.75 Å². The number of thiophene rings is 1. The third-order valence-corrected chi connectivity index (χ3v) is 5.10. The maximum atomic E-state index is 11.9. The van der Waals surface area contributed by atoms with Gasteiger partial charge in [-0.2, -0.15) is 0 Å². The van der Waals surface area contributed by atoms with Crippen LogP contribution in [0.3, 0.4) is 0 Å². The molecule has 118 valence electrons. The van der Waals surface area contributed by atoms with Crippen LogP contribution in [0.2, 0.25) is 0 Å². The fourth-order valence-corrected chi connectivity index (χ4v) is 3.90. The van der Waals surface area contributed by atoms with Gasteiger partial charge in [0, 0.05) is 28.1 Å². The molecule has 0 atom stereocenters. The number of rotatable bonds is 5. The Balaban J connectivity index is 1.56. The predicted molar refractivity (Wildman–Crippen MR) is 94.2 cm³/mol. The van der Waals surface area contributed by atoms with E-state index in [9.17, 15) is 9.90 Å². The molecule has 23 heavy (non-hydrogen) atoms. The number of nitrogens with zero attached hydrogens (tertiary/aromatic N) is 2. The molecule has 0 aliphatic heterocycles. The number of hydrogen-bond acceptors (Lipinski definition) is 6. The van der Waals surface area contributed by atoms with E-state index < -0.39 is 0 Å². The van der Waals surface area contributed by atoms with E-state index in [4.69, 9.17) is 0 Å². The van der Waals surface area contributed by atoms with Crippen molar-refractivity contribution in [2.45, 2.75) is 18.4 Å². The number of fused-ring (bicyclic) bond motifs is 1. The largest absolute Gasteiger partial charge is 0.508 e. The van der Waals surface area contributed by atoms with Gasteiger partial charge in [0.25, 0.3) is 0 Å². The summed E-state index contributed by atoms with van der Waals surface area (Å²) in [6, 6.07) is 8.51. The summed E-state index contributed by atoms with van der Waals surface area (Å²) in [5.41, 5.74) is 0.677. The van der Waals surface area contributed by atoms with Crippen molar-refractivity contribution in [2.24, 2.45) is 0 Å². The summed E-state index contributed by atoms with van der Waals surface area (Å²) >= 11 is 3.20. The van der Waals surface area contributed by atoms with Crippen molar-refractivity contribution in [2.75, 3.05) is 11.1 Å². The molecular formula is C16H15N3O2S2. The summed E-state index contributed by atoms with van der Waals surface area (Å²) in [5, 5.41) is 14.0. The minimum Gasteiger partial charge on any atom is -0.508 e. The van der Waals surface area contributed by atoms with E-state index in [1.807, 2.05) is 6.92 Å². The molecule has 2 aromatic heterocycles. The number of amides is 1. The zero-order valence-electron chi connectivity index (χ0n) is 12.4. The number of aryl methyl sites for hydroxylation is 1. The SMILES string of the molecule is Cc1cc2c(SCCC(=O)Nc3ccc(O)cc3)ncnc2s1. The third kappa shape index (κ3) is 4.00. The summed E-state index contributed by atoms with van der Waals surface area (Å²) in [4.78, 5) is 22.7. The summed E-state index contributed by atoms with van der Waals surface area (Å²) in [5.74, 6) is 0.762. The Morgan fingerprint density at radius 2 is 2.09 bits per heavy atom. The molecule has 1 aromatic carbocycles. The molecule has 0 fully saturated rings. The van der Waals surface area contributed by atoms with Crippen LogP contribution in [-0.4, -0.2) is 26.7 Å². The predicted octanol–water partition coefficient (Wildman–Crippen LogP) is 3.83. The standard InChI is InChI=1S/C16H15N3O2S2/c1-10-8-13-15(17-9-18-16(13)23-10)22-7-6-14(21)19-11-2-4-12(20)5-3-11/h2-5,8-9,20H,6-7H2,1H3,(H,19,21). The normalized spacial score (nSPS) is 10.8. The molecule has 0 bridgehead atoms. The Labute approximate surface area is 141 Å². The van der Waals surface area contributed by atoms with Crippen LogP contribution >= 0.6 is 23.1 Å². The van der Waals surface area contributed by atoms with Gasteiger partial charge in [0.2, 0.25) is 5.91 Å². The van der Waals surface area contributed by atoms with E-state index in [0.717, 1.165) is 15.2 Å². The van der Waals surface area contributed by atoms with Crippen molar-refractivity contribution >= 4 is 44.9 Å². The highest BCUT2D eigenvalue weighted by Gasteiger charge is 2.09. The topological polar surface area (TPSA) is 75.1 Å². The van der Waals surface area contributed by atoms with E-state index in [-0.39, 0.29) is 11.7 Å². The third-order valence-electron chi connectivity index (χ3n) is 3.14. The van der Waals surface area contributed by atoms with Crippen molar-refractivity contribution in [3.63, 3.8) is 0 Å². The van der Waals surface area contributed by atoms with Crippen molar-refractivity contribution in [3.8, 4) is 5.75 Å². The van der Waals surface area contributed by atoms with Gasteiger partial charge in [-0.1, -0.05) is 0 Å². The van der Waals surface area contributed by atoms with E-state index >= 15 is 0 Å². The van der Waals surface area contributed by atoms with E-state index in [0.29, 0.717) is 17.9 Å². The number of aromatic nitrogens is 2. The maximum absolute atomic E-state index is 11.9. The van der Waals surface area contributed by atoms with Crippen LogP contribution in [0.15, 0.2) is 41.7 Å². The highest BCUT2D eigenvalue weighted by atomic mass is 32.2. The molecule has 1 amide bonds. The minimum atomic E-state index is -0.0602. The van der Waals surface area contributed by atoms with Gasteiger partial charge in [0.15, 0.2) is 0 Å². The lowest BCUT2D eigenvalue weighted by atomic mass is 10.3. The first-order valence-corrected chi connectivity index (χ1v) is 8.85. The molecule has 5 nitrogen and oxygen atoms in total. The quantitative estimate of drug-likeness (QED) is 0.418. The molecule has 0 saturated heterocycles.